The Kier molecular flexibility index (Phi) is 6.55. The summed E-state index contributed by atoms with van der Waals surface area (Å²) in [4.78, 5) is 17.9. The van der Waals surface area contributed by atoms with Crippen LogP contribution in [0.4, 0.5) is 13.2 Å². The van der Waals surface area contributed by atoms with Crippen molar-refractivity contribution in [2.24, 2.45) is 7.05 Å². The lowest BCUT2D eigenvalue weighted by Gasteiger charge is -2.19. The zero-order valence-corrected chi connectivity index (χ0v) is 19.7. The second-order valence-electron chi connectivity index (χ2n) is 9.17. The topological polar surface area (TPSA) is 47.8 Å². The molecule has 36 heavy (non-hydrogen) atoms. The van der Waals surface area contributed by atoms with Gasteiger partial charge in [0.2, 0.25) is 0 Å². The van der Waals surface area contributed by atoms with Crippen molar-refractivity contribution in [1.29, 1.82) is 0 Å². The van der Waals surface area contributed by atoms with Gasteiger partial charge in [-0.1, -0.05) is 18.2 Å². The summed E-state index contributed by atoms with van der Waals surface area (Å²) in [5.74, 6) is -2.15. The number of nitrogens with zero attached hydrogens (tertiary/aromatic N) is 3. The Morgan fingerprint density at radius 3 is 2.58 bits per heavy atom. The van der Waals surface area contributed by atoms with Crippen molar-refractivity contribution in [3.8, 4) is 11.1 Å². The molecule has 1 atom stereocenters. The van der Waals surface area contributed by atoms with E-state index in [1.165, 1.54) is 24.3 Å². The highest BCUT2D eigenvalue weighted by atomic mass is 19.1. The highest BCUT2D eigenvalue weighted by molar-refractivity contribution is 5.92. The van der Waals surface area contributed by atoms with Gasteiger partial charge in [-0.05, 0) is 65.4 Å². The molecule has 182 valence electrons. The largest absolute Gasteiger partial charge is 0.299 e. The van der Waals surface area contributed by atoms with Gasteiger partial charge < -0.3 is 0 Å². The first-order chi connectivity index (χ1) is 17.4. The second-order valence-corrected chi connectivity index (χ2v) is 9.17. The number of pyridine rings is 1. The van der Waals surface area contributed by atoms with Crippen molar-refractivity contribution in [3.05, 3.63) is 113 Å². The Morgan fingerprint density at radius 2 is 1.83 bits per heavy atom. The number of aromatic nitrogens is 3. The minimum absolute atomic E-state index is 0.0528. The third kappa shape index (κ3) is 5.15. The van der Waals surface area contributed by atoms with Crippen LogP contribution in [-0.4, -0.2) is 20.5 Å². The fourth-order valence-corrected chi connectivity index (χ4v) is 4.92. The smallest absolute Gasteiger partial charge is 0.137 e. The summed E-state index contributed by atoms with van der Waals surface area (Å²) in [5.41, 5.74) is 5.32. The number of halogens is 3. The minimum Gasteiger partial charge on any atom is -0.299 e. The predicted octanol–water partition coefficient (Wildman–Crippen LogP) is 6.21. The van der Waals surface area contributed by atoms with Gasteiger partial charge in [-0.3, -0.25) is 14.5 Å². The molecule has 7 heteroatoms. The molecule has 0 spiro atoms. The number of rotatable bonds is 8. The van der Waals surface area contributed by atoms with Gasteiger partial charge in [0, 0.05) is 55.4 Å². The van der Waals surface area contributed by atoms with Crippen LogP contribution in [-0.2, 0) is 24.7 Å². The molecule has 4 aromatic rings. The molecule has 0 unspecified atom stereocenters. The maximum absolute atomic E-state index is 14.0. The highest BCUT2D eigenvalue weighted by Gasteiger charge is 2.25. The molecule has 1 aliphatic carbocycles. The average Bonchev–Trinajstić information content (AvgIpc) is 3.44. The lowest BCUT2D eigenvalue weighted by Crippen LogP contribution is -2.13. The van der Waals surface area contributed by atoms with Crippen LogP contribution in [0.25, 0.3) is 16.7 Å². The van der Waals surface area contributed by atoms with Crippen molar-refractivity contribution in [2.75, 3.05) is 0 Å². The molecule has 0 amide bonds. The van der Waals surface area contributed by atoms with Crippen LogP contribution >= 0.6 is 0 Å². The highest BCUT2D eigenvalue weighted by Crippen LogP contribution is 2.35. The van der Waals surface area contributed by atoms with Crippen molar-refractivity contribution in [1.82, 2.24) is 14.8 Å². The molecule has 0 aliphatic heterocycles. The number of allylic oxidation sites excluding steroid dienone is 2. The molecule has 0 radical (unpaired) electrons. The number of carbonyl (C=O) groups excluding carboxylic acids is 1. The van der Waals surface area contributed by atoms with E-state index in [1.807, 2.05) is 25.4 Å². The van der Waals surface area contributed by atoms with E-state index in [0.717, 1.165) is 33.9 Å². The van der Waals surface area contributed by atoms with Gasteiger partial charge in [0.05, 0.1) is 11.9 Å². The molecule has 2 aromatic heterocycles. The lowest BCUT2D eigenvalue weighted by atomic mass is 9.86. The van der Waals surface area contributed by atoms with E-state index in [1.54, 1.807) is 29.2 Å². The number of aryl methyl sites for hydroxylation is 1. The molecule has 2 heterocycles. The van der Waals surface area contributed by atoms with E-state index < -0.39 is 17.6 Å². The van der Waals surface area contributed by atoms with E-state index >= 15 is 0 Å². The van der Waals surface area contributed by atoms with Gasteiger partial charge in [0.1, 0.15) is 23.2 Å². The quantitative estimate of drug-likeness (QED) is 0.297. The van der Waals surface area contributed by atoms with Crippen LogP contribution in [0.2, 0.25) is 0 Å². The van der Waals surface area contributed by atoms with Crippen LogP contribution < -0.4 is 0 Å². The number of hydrogen-bond acceptors (Lipinski definition) is 3. The van der Waals surface area contributed by atoms with Gasteiger partial charge in [-0.25, -0.2) is 13.2 Å². The Hall–Kier alpha value is -4.00. The van der Waals surface area contributed by atoms with E-state index in [4.69, 9.17) is 0 Å². The van der Waals surface area contributed by atoms with E-state index in [-0.39, 0.29) is 30.9 Å². The number of Topliss-reactive ketones (excluding diaryl/α,β-unsaturated/α-hetero) is 1. The molecule has 2 aromatic carbocycles. The van der Waals surface area contributed by atoms with Gasteiger partial charge in [0.25, 0.3) is 0 Å². The molecule has 0 N–H and O–H groups in total. The van der Waals surface area contributed by atoms with Crippen molar-refractivity contribution >= 4 is 11.4 Å². The fraction of sp³-hybridized carbons (Fsp3) is 0.207. The molecular formula is C29H24F3N3O. The van der Waals surface area contributed by atoms with Crippen molar-refractivity contribution in [3.63, 3.8) is 0 Å². The summed E-state index contributed by atoms with van der Waals surface area (Å²) in [6.45, 7) is 0. The summed E-state index contributed by atoms with van der Waals surface area (Å²) < 4.78 is 43.4. The van der Waals surface area contributed by atoms with Crippen molar-refractivity contribution < 1.29 is 18.0 Å². The minimum atomic E-state index is -0.668. The zero-order chi connectivity index (χ0) is 25.2. The van der Waals surface area contributed by atoms with Crippen LogP contribution in [0.5, 0.6) is 0 Å². The molecule has 0 bridgehead atoms. The molecule has 4 nitrogen and oxygen atoms in total. The van der Waals surface area contributed by atoms with Crippen LogP contribution in [0.1, 0.15) is 41.1 Å². The maximum Gasteiger partial charge on any atom is 0.137 e. The molecule has 0 saturated heterocycles. The summed E-state index contributed by atoms with van der Waals surface area (Å²) in [6.07, 6.45) is 8.35. The third-order valence-corrected chi connectivity index (χ3v) is 6.49. The first-order valence-electron chi connectivity index (χ1n) is 11.7. The van der Waals surface area contributed by atoms with Gasteiger partial charge >= 0.3 is 0 Å². The number of carbonyl (C=O) groups is 1. The third-order valence-electron chi connectivity index (χ3n) is 6.49. The lowest BCUT2D eigenvalue weighted by molar-refractivity contribution is -0.118. The monoisotopic (exact) mass is 487 g/mol. The fourth-order valence-electron chi connectivity index (χ4n) is 4.92. The summed E-state index contributed by atoms with van der Waals surface area (Å²) >= 11 is 0. The molecule has 5 rings (SSSR count). The van der Waals surface area contributed by atoms with E-state index in [2.05, 4.69) is 10.1 Å². The standard InChI is InChI=1S/C29H24F3N3O/c1-35-17-22(16-34-35)27-3-2-8-33-29(27)21(9-18-10-24(31)14-25(32)11-18)13-26(36)12-20-5-4-19-6-7-23(30)15-28(19)20/h2-3,5-8,10-11,14-17,21H,4,9,12-13H2,1H3/t21-/m1/s1. The number of ketones is 1. The summed E-state index contributed by atoms with van der Waals surface area (Å²) in [7, 11) is 1.81. The first kappa shape index (κ1) is 23.7. The van der Waals surface area contributed by atoms with Gasteiger partial charge in [-0.2, -0.15) is 5.10 Å². The Labute approximate surface area is 207 Å². The number of benzene rings is 2. The number of fused-ring (bicyclic) bond motifs is 1. The Bertz CT molecular complexity index is 1450. The second kappa shape index (κ2) is 9.93. The van der Waals surface area contributed by atoms with E-state index in [0.29, 0.717) is 17.7 Å². The van der Waals surface area contributed by atoms with E-state index in [9.17, 15) is 18.0 Å². The predicted molar refractivity (Wildman–Crippen MR) is 132 cm³/mol. The molecule has 0 saturated carbocycles. The Morgan fingerprint density at radius 1 is 1.03 bits per heavy atom. The molecule has 1 aliphatic rings. The summed E-state index contributed by atoms with van der Waals surface area (Å²) in [5, 5.41) is 4.24. The van der Waals surface area contributed by atoms with Crippen molar-refractivity contribution in [2.45, 2.75) is 31.6 Å². The average molecular weight is 488 g/mol. The normalized spacial score (nSPS) is 13.4. The SMILES string of the molecule is Cn1cc(-c2cccnc2[C@@H](CC(=O)CC2=CCc3ccc(F)cc32)Cc2cc(F)cc(F)c2)cn1. The molecule has 0 fully saturated rings. The van der Waals surface area contributed by atoms with Gasteiger partial charge in [0.15, 0.2) is 0 Å². The first-order valence-corrected chi connectivity index (χ1v) is 11.7. The van der Waals surface area contributed by atoms with Crippen LogP contribution in [0.3, 0.4) is 0 Å². The zero-order valence-electron chi connectivity index (χ0n) is 19.7. The number of hydrogen-bond donors (Lipinski definition) is 0. The molecular weight excluding hydrogens is 463 g/mol. The van der Waals surface area contributed by atoms with Crippen LogP contribution in [0.15, 0.2) is 73.2 Å². The maximum atomic E-state index is 14.0. The Balaban J connectivity index is 1.46. The summed E-state index contributed by atoms with van der Waals surface area (Å²) in [6, 6.07) is 11.7. The van der Waals surface area contributed by atoms with Crippen LogP contribution in [0, 0.1) is 17.5 Å². The van der Waals surface area contributed by atoms with Gasteiger partial charge in [-0.15, -0.1) is 0 Å².